The van der Waals surface area contributed by atoms with Gasteiger partial charge in [-0.25, -0.2) is 0 Å². The highest BCUT2D eigenvalue weighted by Crippen LogP contribution is 2.10. The summed E-state index contributed by atoms with van der Waals surface area (Å²) in [5.74, 6) is 0.645. The predicted octanol–water partition coefficient (Wildman–Crippen LogP) is 2.99. The van der Waals surface area contributed by atoms with E-state index < -0.39 is 0 Å². The third-order valence-corrected chi connectivity index (χ3v) is 2.36. The van der Waals surface area contributed by atoms with Gasteiger partial charge in [-0.15, -0.1) is 0 Å². The summed E-state index contributed by atoms with van der Waals surface area (Å²) in [5.41, 5.74) is 0.899. The van der Waals surface area contributed by atoms with E-state index in [-0.39, 0.29) is 0 Å². The van der Waals surface area contributed by atoms with Crippen molar-refractivity contribution in [1.29, 1.82) is 0 Å². The van der Waals surface area contributed by atoms with E-state index in [1.807, 2.05) is 0 Å². The van der Waals surface area contributed by atoms with Crippen molar-refractivity contribution >= 4 is 0 Å². The van der Waals surface area contributed by atoms with E-state index in [2.05, 4.69) is 31.1 Å². The number of aromatic nitrogens is 1. The van der Waals surface area contributed by atoms with Gasteiger partial charge in [0.25, 0.3) is 0 Å². The van der Waals surface area contributed by atoms with E-state index in [4.69, 9.17) is 9.15 Å². The van der Waals surface area contributed by atoms with E-state index in [9.17, 15) is 0 Å². The molecule has 1 aromatic rings. The number of oxazole rings is 1. The van der Waals surface area contributed by atoms with Gasteiger partial charge in [0.1, 0.15) is 6.26 Å². The molecule has 0 unspecified atom stereocenters. The molecule has 17 heavy (non-hydrogen) atoms. The third kappa shape index (κ3) is 6.31. The van der Waals surface area contributed by atoms with Crippen LogP contribution in [0.1, 0.15) is 45.7 Å². The fourth-order valence-electron chi connectivity index (χ4n) is 1.44. The molecule has 0 fully saturated rings. The van der Waals surface area contributed by atoms with Crippen molar-refractivity contribution in [3.05, 3.63) is 12.0 Å². The zero-order valence-electron chi connectivity index (χ0n) is 11.2. The Kier molecular flexibility index (Phi) is 6.70. The van der Waals surface area contributed by atoms with Crippen LogP contribution in [0.3, 0.4) is 0 Å². The Morgan fingerprint density at radius 1 is 1.41 bits per heavy atom. The second-order valence-electron chi connectivity index (χ2n) is 4.69. The fraction of sp³-hybridized carbons (Fsp3) is 0.769. The van der Waals surface area contributed by atoms with E-state index >= 15 is 0 Å². The lowest BCUT2D eigenvalue weighted by molar-refractivity contribution is 0.224. The Hall–Kier alpha value is -1.03. The van der Waals surface area contributed by atoms with Crippen LogP contribution in [-0.4, -0.2) is 18.1 Å². The van der Waals surface area contributed by atoms with Crippen molar-refractivity contribution < 1.29 is 9.15 Å². The molecule has 1 heterocycles. The number of ether oxygens (including phenoxy) is 1. The number of unbranched alkanes of at least 4 members (excludes halogenated alkanes) is 2. The number of hydrogen-bond acceptors (Lipinski definition) is 4. The topological polar surface area (TPSA) is 47.3 Å². The first-order valence-corrected chi connectivity index (χ1v) is 6.50. The number of hydrogen-bond donors (Lipinski definition) is 1. The molecule has 0 spiro atoms. The molecule has 1 rings (SSSR count). The van der Waals surface area contributed by atoms with Gasteiger partial charge in [0.15, 0.2) is 0 Å². The number of rotatable bonds is 9. The highest BCUT2D eigenvalue weighted by atomic mass is 16.6. The van der Waals surface area contributed by atoms with Crippen molar-refractivity contribution in [2.75, 3.05) is 13.2 Å². The minimum Gasteiger partial charge on any atom is -0.450 e. The fourth-order valence-corrected chi connectivity index (χ4v) is 1.44. The first-order chi connectivity index (χ1) is 8.22. The zero-order valence-corrected chi connectivity index (χ0v) is 11.2. The largest absolute Gasteiger partial charge is 0.450 e. The molecule has 4 nitrogen and oxygen atoms in total. The van der Waals surface area contributed by atoms with Crippen molar-refractivity contribution in [1.82, 2.24) is 10.3 Å². The first kappa shape index (κ1) is 14.0. The lowest BCUT2D eigenvalue weighted by Gasteiger charge is -2.04. The molecule has 0 aliphatic rings. The quantitative estimate of drug-likeness (QED) is 0.674. The van der Waals surface area contributed by atoms with Gasteiger partial charge >= 0.3 is 6.08 Å². The van der Waals surface area contributed by atoms with Crippen molar-refractivity contribution in [3.63, 3.8) is 0 Å². The van der Waals surface area contributed by atoms with Gasteiger partial charge in [-0.05, 0) is 18.9 Å². The van der Waals surface area contributed by atoms with Crippen molar-refractivity contribution in [2.45, 2.75) is 46.6 Å². The number of nitrogens with one attached hydrogen (secondary N) is 1. The predicted molar refractivity (Wildman–Crippen MR) is 68.1 cm³/mol. The van der Waals surface area contributed by atoms with E-state index in [1.54, 1.807) is 6.26 Å². The van der Waals surface area contributed by atoms with Crippen LogP contribution in [0, 0.1) is 5.92 Å². The molecule has 1 aromatic heterocycles. The normalized spacial score (nSPS) is 11.1. The van der Waals surface area contributed by atoms with Crippen LogP contribution in [0.2, 0.25) is 0 Å². The van der Waals surface area contributed by atoms with Crippen LogP contribution in [0.4, 0.5) is 0 Å². The maximum absolute atomic E-state index is 5.41. The lowest BCUT2D eigenvalue weighted by atomic mass is 10.2. The maximum Gasteiger partial charge on any atom is 0.393 e. The Labute approximate surface area is 104 Å². The minimum absolute atomic E-state index is 0.391. The van der Waals surface area contributed by atoms with Crippen LogP contribution in [0.15, 0.2) is 10.7 Å². The standard InChI is InChI=1S/C13H24N2O2/c1-4-5-6-7-16-13-15-12(10-17-13)9-14-8-11(2)3/h10-11,14H,4-9H2,1-3H3. The molecule has 98 valence electrons. The highest BCUT2D eigenvalue weighted by molar-refractivity contribution is 4.99. The Morgan fingerprint density at radius 3 is 2.94 bits per heavy atom. The Balaban J connectivity index is 2.18. The molecule has 0 aliphatic carbocycles. The molecule has 1 N–H and O–H groups in total. The third-order valence-electron chi connectivity index (χ3n) is 2.36. The molecule has 4 heteroatoms. The monoisotopic (exact) mass is 240 g/mol. The molecule has 0 saturated heterocycles. The van der Waals surface area contributed by atoms with Crippen LogP contribution >= 0.6 is 0 Å². The summed E-state index contributed by atoms with van der Waals surface area (Å²) >= 11 is 0. The summed E-state index contributed by atoms with van der Waals surface area (Å²) in [7, 11) is 0. The summed E-state index contributed by atoms with van der Waals surface area (Å²) in [6.07, 6.45) is 5.48. The maximum atomic E-state index is 5.41. The zero-order chi connectivity index (χ0) is 12.5. The summed E-state index contributed by atoms with van der Waals surface area (Å²) < 4.78 is 10.6. The van der Waals surface area contributed by atoms with Gasteiger partial charge < -0.3 is 14.5 Å². The lowest BCUT2D eigenvalue weighted by Crippen LogP contribution is -2.19. The molecule has 0 saturated carbocycles. The Morgan fingerprint density at radius 2 is 2.24 bits per heavy atom. The molecule has 0 aromatic carbocycles. The average Bonchev–Trinajstić information content (AvgIpc) is 2.72. The van der Waals surface area contributed by atoms with Crippen LogP contribution in [-0.2, 0) is 6.54 Å². The second-order valence-corrected chi connectivity index (χ2v) is 4.69. The smallest absolute Gasteiger partial charge is 0.393 e. The summed E-state index contributed by atoms with van der Waals surface area (Å²) in [6.45, 7) is 8.94. The van der Waals surface area contributed by atoms with Gasteiger partial charge in [-0.2, -0.15) is 4.98 Å². The van der Waals surface area contributed by atoms with E-state index in [1.165, 1.54) is 12.8 Å². The Bertz CT molecular complexity index is 297. The van der Waals surface area contributed by atoms with Crippen LogP contribution in [0.25, 0.3) is 0 Å². The number of nitrogens with zero attached hydrogens (tertiary/aromatic N) is 1. The SMILES string of the molecule is CCCCCOc1nc(CNCC(C)C)co1. The minimum atomic E-state index is 0.391. The van der Waals surface area contributed by atoms with Gasteiger partial charge in [0.2, 0.25) is 0 Å². The average molecular weight is 240 g/mol. The van der Waals surface area contributed by atoms with Crippen LogP contribution in [0.5, 0.6) is 6.08 Å². The van der Waals surface area contributed by atoms with Gasteiger partial charge in [0.05, 0.1) is 12.3 Å². The van der Waals surface area contributed by atoms with Gasteiger partial charge in [-0.1, -0.05) is 33.6 Å². The molecular formula is C13H24N2O2. The summed E-state index contributed by atoms with van der Waals surface area (Å²) in [4.78, 5) is 4.25. The van der Waals surface area contributed by atoms with Crippen molar-refractivity contribution in [3.8, 4) is 6.08 Å². The first-order valence-electron chi connectivity index (χ1n) is 6.50. The van der Waals surface area contributed by atoms with Gasteiger partial charge in [0, 0.05) is 6.54 Å². The molecule has 0 bridgehead atoms. The molecule has 0 aliphatic heterocycles. The summed E-state index contributed by atoms with van der Waals surface area (Å²) in [6, 6.07) is 0. The molecular weight excluding hydrogens is 216 g/mol. The summed E-state index contributed by atoms with van der Waals surface area (Å²) in [5, 5.41) is 3.31. The molecule has 0 radical (unpaired) electrons. The second kappa shape index (κ2) is 8.12. The molecule has 0 atom stereocenters. The van der Waals surface area contributed by atoms with Crippen molar-refractivity contribution in [2.24, 2.45) is 5.92 Å². The van der Waals surface area contributed by atoms with E-state index in [0.717, 1.165) is 25.2 Å². The van der Waals surface area contributed by atoms with E-state index in [0.29, 0.717) is 18.6 Å². The van der Waals surface area contributed by atoms with Gasteiger partial charge in [-0.3, -0.25) is 0 Å². The highest BCUT2D eigenvalue weighted by Gasteiger charge is 2.04. The van der Waals surface area contributed by atoms with Crippen LogP contribution < -0.4 is 10.1 Å². The molecule has 0 amide bonds.